The molecule has 3 N–H and O–H groups in total. The maximum Gasteiger partial charge on any atom is 0.490 e. The fraction of sp³-hybridized carbons (Fsp3) is 0.348. The van der Waals surface area contributed by atoms with E-state index in [9.17, 15) is 26.4 Å². The summed E-state index contributed by atoms with van der Waals surface area (Å²) in [6, 6.07) is 3.38. The van der Waals surface area contributed by atoms with E-state index in [2.05, 4.69) is 20.1 Å². The lowest BCUT2D eigenvalue weighted by Crippen LogP contribution is -2.21. The lowest BCUT2D eigenvalue weighted by molar-refractivity contribution is -0.192. The van der Waals surface area contributed by atoms with Crippen LogP contribution in [0.25, 0.3) is 0 Å². The number of hydrogen-bond donors (Lipinski definition) is 3. The summed E-state index contributed by atoms with van der Waals surface area (Å²) in [7, 11) is -0.161. The number of halogens is 4. The minimum atomic E-state index is -5.08. The van der Waals surface area contributed by atoms with Crippen molar-refractivity contribution in [3.05, 3.63) is 55.4 Å². The van der Waals surface area contributed by atoms with Gasteiger partial charge in [-0.15, -0.1) is 11.3 Å². The summed E-state index contributed by atoms with van der Waals surface area (Å²) in [5.74, 6) is -3.46. The van der Waals surface area contributed by atoms with E-state index in [1.807, 2.05) is 40.9 Å². The van der Waals surface area contributed by atoms with Crippen LogP contribution < -0.4 is 10.0 Å². The smallest absolute Gasteiger partial charge is 0.475 e. The number of nitrogens with zero attached hydrogens (tertiary/aromatic N) is 2. The van der Waals surface area contributed by atoms with Crippen molar-refractivity contribution >= 4 is 56.4 Å². The van der Waals surface area contributed by atoms with Crippen molar-refractivity contribution in [2.24, 2.45) is 0 Å². The molecule has 16 heteroatoms. The second-order valence-corrected chi connectivity index (χ2v) is 11.6. The van der Waals surface area contributed by atoms with Gasteiger partial charge in [0.25, 0.3) is 21.8 Å². The number of alkyl halides is 3. The minimum absolute atomic E-state index is 0.0541. The Kier molecular flexibility index (Phi) is 10.2. The zero-order valence-corrected chi connectivity index (χ0v) is 24.0. The molecule has 1 aromatic carbocycles. The van der Waals surface area contributed by atoms with Gasteiger partial charge in [-0.05, 0) is 75.5 Å². The molecule has 214 valence electrons. The first kappa shape index (κ1) is 32.1. The van der Waals surface area contributed by atoms with Crippen LogP contribution in [-0.2, 0) is 21.4 Å². The third-order valence-corrected chi connectivity index (χ3v) is 8.09. The number of rotatable bonds is 7. The molecule has 0 fully saturated rings. The van der Waals surface area contributed by atoms with Crippen molar-refractivity contribution in [3.8, 4) is 0 Å². The van der Waals surface area contributed by atoms with Crippen molar-refractivity contribution in [1.82, 2.24) is 10.1 Å². The summed E-state index contributed by atoms with van der Waals surface area (Å²) in [4.78, 5) is 24.0. The molecule has 1 amide bonds. The first-order valence-electron chi connectivity index (χ1n) is 10.9. The van der Waals surface area contributed by atoms with Crippen LogP contribution in [0.15, 0.2) is 26.9 Å². The van der Waals surface area contributed by atoms with Gasteiger partial charge in [0, 0.05) is 12.2 Å². The third kappa shape index (κ3) is 7.94. The molecule has 0 atom stereocenters. The zero-order valence-electron chi connectivity index (χ0n) is 21.7. The fourth-order valence-electron chi connectivity index (χ4n) is 3.42. The van der Waals surface area contributed by atoms with Crippen molar-refractivity contribution < 1.29 is 40.8 Å². The van der Waals surface area contributed by atoms with E-state index in [1.165, 1.54) is 6.07 Å². The number of carbonyl (C=O) groups excluding carboxylic acids is 1. The average Bonchev–Trinajstić information content (AvgIpc) is 3.42. The summed E-state index contributed by atoms with van der Waals surface area (Å²) >= 11 is 7.06. The van der Waals surface area contributed by atoms with E-state index in [0.717, 1.165) is 40.1 Å². The van der Waals surface area contributed by atoms with Crippen LogP contribution in [0.1, 0.15) is 37.6 Å². The van der Waals surface area contributed by atoms with Crippen molar-refractivity contribution in [1.29, 1.82) is 0 Å². The van der Waals surface area contributed by atoms with Crippen molar-refractivity contribution in [3.63, 3.8) is 0 Å². The molecule has 0 aliphatic heterocycles. The highest BCUT2D eigenvalue weighted by atomic mass is 35.5. The Morgan fingerprint density at radius 3 is 2.26 bits per heavy atom. The van der Waals surface area contributed by atoms with Gasteiger partial charge < -0.3 is 19.8 Å². The molecule has 10 nitrogen and oxygen atoms in total. The molecular weight excluding hydrogens is 585 g/mol. The Balaban J connectivity index is 0.000000673. The summed E-state index contributed by atoms with van der Waals surface area (Å²) < 4.78 is 64.8. The van der Waals surface area contributed by atoms with Gasteiger partial charge in [0.2, 0.25) is 0 Å². The monoisotopic (exact) mass is 610 g/mol. The first-order valence-corrected chi connectivity index (χ1v) is 13.7. The lowest BCUT2D eigenvalue weighted by atomic mass is 9.96. The molecular formula is C23H26ClF3N4O6S2. The van der Waals surface area contributed by atoms with Crippen LogP contribution in [0.5, 0.6) is 0 Å². The Labute approximate surface area is 231 Å². The Morgan fingerprint density at radius 2 is 1.77 bits per heavy atom. The summed E-state index contributed by atoms with van der Waals surface area (Å²) in [6.07, 6.45) is -5.08. The topological polar surface area (TPSA) is 142 Å². The molecule has 2 aromatic heterocycles. The highest BCUT2D eigenvalue weighted by Gasteiger charge is 2.38. The maximum atomic E-state index is 13.1. The van der Waals surface area contributed by atoms with Crippen LogP contribution in [0, 0.1) is 27.7 Å². The average molecular weight is 611 g/mol. The highest BCUT2D eigenvalue weighted by molar-refractivity contribution is 7.93. The molecule has 3 aromatic rings. The van der Waals surface area contributed by atoms with E-state index in [1.54, 1.807) is 12.3 Å². The summed E-state index contributed by atoms with van der Waals surface area (Å²) in [6.45, 7) is 8.22. The lowest BCUT2D eigenvalue weighted by Gasteiger charge is -2.20. The van der Waals surface area contributed by atoms with Gasteiger partial charge in [-0.1, -0.05) is 22.8 Å². The predicted octanol–water partition coefficient (Wildman–Crippen LogP) is 5.37. The number of carboxylic acid groups (broad SMARTS) is 1. The maximum absolute atomic E-state index is 13.1. The number of carboxylic acids is 1. The van der Waals surface area contributed by atoms with E-state index in [0.29, 0.717) is 11.4 Å². The van der Waals surface area contributed by atoms with Gasteiger partial charge in [0.05, 0.1) is 0 Å². The molecule has 0 unspecified atom stereocenters. The van der Waals surface area contributed by atoms with E-state index in [4.69, 9.17) is 26.0 Å². The minimum Gasteiger partial charge on any atom is -0.475 e. The quantitative estimate of drug-likeness (QED) is 0.324. The van der Waals surface area contributed by atoms with Gasteiger partial charge in [0.1, 0.15) is 20.5 Å². The fourth-order valence-corrected chi connectivity index (χ4v) is 5.91. The second-order valence-electron chi connectivity index (χ2n) is 8.61. The van der Waals surface area contributed by atoms with Crippen LogP contribution in [0.2, 0.25) is 5.02 Å². The van der Waals surface area contributed by atoms with Gasteiger partial charge >= 0.3 is 12.1 Å². The number of aromatic nitrogens is 1. The van der Waals surface area contributed by atoms with Crippen LogP contribution in [-0.4, -0.2) is 55.7 Å². The molecule has 0 saturated carbocycles. The Morgan fingerprint density at radius 1 is 1.18 bits per heavy atom. The SMILES string of the molecule is Cc1cc(C)c(NC(=O)c2sccc2S(=O)(=O)Nc2onc(C)c2Cl)c(C)c1CN(C)C.O=C(O)C(F)(F)F. The number of hydrogen-bond acceptors (Lipinski definition) is 8. The number of benzene rings is 1. The molecule has 2 heterocycles. The molecule has 3 rings (SSSR count). The van der Waals surface area contributed by atoms with Gasteiger partial charge in [-0.3, -0.25) is 4.79 Å². The van der Waals surface area contributed by atoms with Crippen molar-refractivity contribution in [2.45, 2.75) is 45.3 Å². The van der Waals surface area contributed by atoms with Gasteiger partial charge in [-0.2, -0.15) is 13.2 Å². The molecule has 0 aliphatic rings. The Bertz CT molecular complexity index is 1480. The predicted molar refractivity (Wildman–Crippen MR) is 141 cm³/mol. The van der Waals surface area contributed by atoms with Gasteiger partial charge in [-0.25, -0.2) is 17.9 Å². The molecule has 0 radical (unpaired) electrons. The largest absolute Gasteiger partial charge is 0.490 e. The normalized spacial score (nSPS) is 11.7. The van der Waals surface area contributed by atoms with Gasteiger partial charge in [0.15, 0.2) is 0 Å². The number of aliphatic carboxylic acids is 1. The summed E-state index contributed by atoms with van der Waals surface area (Å²) in [5, 5.41) is 15.3. The molecule has 0 bridgehead atoms. The number of amides is 1. The number of sulfonamides is 1. The standard InChI is InChI=1S/C21H25ClN4O4S2.C2HF3O2/c1-11-9-12(2)18(13(3)15(11)10-26(5)6)23-20(27)19-16(7-8-31-19)32(28,29)25-21-17(22)14(4)24-30-21;3-2(4,5)1(6)7/h7-9,25H,10H2,1-6H3,(H,23,27);(H,6,7). The number of aryl methyl sites for hydroxylation is 3. The van der Waals surface area contributed by atoms with E-state index < -0.39 is 28.1 Å². The van der Waals surface area contributed by atoms with E-state index in [-0.39, 0.29) is 20.7 Å². The number of thiophene rings is 1. The second kappa shape index (κ2) is 12.4. The number of nitrogens with one attached hydrogen (secondary N) is 2. The highest BCUT2D eigenvalue weighted by Crippen LogP contribution is 2.32. The number of carbonyl (C=O) groups is 2. The summed E-state index contributed by atoms with van der Waals surface area (Å²) in [5.41, 5.74) is 5.13. The van der Waals surface area contributed by atoms with Crippen molar-refractivity contribution in [2.75, 3.05) is 24.1 Å². The molecule has 0 spiro atoms. The first-order chi connectivity index (χ1) is 17.9. The van der Waals surface area contributed by atoms with Crippen LogP contribution in [0.3, 0.4) is 0 Å². The molecule has 39 heavy (non-hydrogen) atoms. The zero-order chi connectivity index (χ0) is 29.9. The van der Waals surface area contributed by atoms with E-state index >= 15 is 0 Å². The molecule has 0 saturated heterocycles. The van der Waals surface area contributed by atoms with Crippen LogP contribution >= 0.6 is 22.9 Å². The Hall–Kier alpha value is -3.14. The molecule has 0 aliphatic carbocycles. The third-order valence-electron chi connectivity index (χ3n) is 5.23. The number of anilines is 2. The van der Waals surface area contributed by atoms with Crippen LogP contribution in [0.4, 0.5) is 24.7 Å².